The minimum absolute atomic E-state index is 0. The molecule has 0 radical (unpaired) electrons. The molecule has 2 N–H and O–H groups in total. The molecule has 2 aromatic rings. The quantitative estimate of drug-likeness (QED) is 0.436. The molecule has 2 rings (SSSR count). The fraction of sp³-hybridized carbons (Fsp3) is 0.250. The summed E-state index contributed by atoms with van der Waals surface area (Å²) in [7, 11) is 0. The number of halogens is 2. The number of nitrogens with zero attached hydrogens (tertiary/aromatic N) is 2. The molecule has 5 nitrogen and oxygen atoms in total. The van der Waals surface area contributed by atoms with Crippen LogP contribution >= 0.6 is 24.0 Å². The lowest BCUT2D eigenvalue weighted by molar-refractivity contribution is 0.501. The second kappa shape index (κ2) is 9.84. The summed E-state index contributed by atoms with van der Waals surface area (Å²) >= 11 is 0. The van der Waals surface area contributed by atoms with E-state index in [1.807, 2.05) is 25.1 Å². The molecule has 1 aromatic heterocycles. The fourth-order valence-electron chi connectivity index (χ4n) is 1.86. The Morgan fingerprint density at radius 1 is 1.35 bits per heavy atom. The molecule has 7 heteroatoms. The van der Waals surface area contributed by atoms with Gasteiger partial charge in [0.1, 0.15) is 11.6 Å². The summed E-state index contributed by atoms with van der Waals surface area (Å²) in [5, 5.41) is 15.0. The zero-order valence-corrected chi connectivity index (χ0v) is 15.0. The molecule has 23 heavy (non-hydrogen) atoms. The van der Waals surface area contributed by atoms with Crippen LogP contribution in [-0.4, -0.2) is 12.5 Å². The molecule has 0 saturated heterocycles. The molecule has 0 atom stereocenters. The van der Waals surface area contributed by atoms with E-state index in [-0.39, 0.29) is 36.3 Å². The number of nitrogens with one attached hydrogen (secondary N) is 2. The van der Waals surface area contributed by atoms with Crippen molar-refractivity contribution in [2.45, 2.75) is 20.0 Å². The summed E-state index contributed by atoms with van der Waals surface area (Å²) in [6.45, 7) is 3.26. The monoisotopic (exact) mass is 428 g/mol. The fourth-order valence-corrected chi connectivity index (χ4v) is 1.86. The minimum Gasteiger partial charge on any atom is -0.467 e. The van der Waals surface area contributed by atoms with Crippen molar-refractivity contribution in [3.05, 3.63) is 59.3 Å². The van der Waals surface area contributed by atoms with Gasteiger partial charge in [0.05, 0.1) is 31.0 Å². The average molecular weight is 428 g/mol. The van der Waals surface area contributed by atoms with Crippen LogP contribution in [-0.2, 0) is 13.1 Å². The van der Waals surface area contributed by atoms with E-state index in [2.05, 4.69) is 15.6 Å². The van der Waals surface area contributed by atoms with Crippen LogP contribution in [0.15, 0.2) is 46.0 Å². The average Bonchev–Trinajstić information content (AvgIpc) is 3.05. The van der Waals surface area contributed by atoms with Gasteiger partial charge >= 0.3 is 0 Å². The van der Waals surface area contributed by atoms with Crippen molar-refractivity contribution < 1.29 is 8.81 Å². The number of hydrogen-bond acceptors (Lipinski definition) is 3. The lowest BCUT2D eigenvalue weighted by Gasteiger charge is -2.10. The number of rotatable bonds is 5. The Morgan fingerprint density at radius 2 is 2.17 bits per heavy atom. The van der Waals surface area contributed by atoms with Crippen molar-refractivity contribution in [1.82, 2.24) is 10.6 Å². The van der Waals surface area contributed by atoms with Crippen LogP contribution in [0.25, 0.3) is 0 Å². The first-order valence-corrected chi connectivity index (χ1v) is 6.96. The van der Waals surface area contributed by atoms with E-state index in [4.69, 9.17) is 9.68 Å². The largest absolute Gasteiger partial charge is 0.467 e. The second-order valence-corrected chi connectivity index (χ2v) is 4.55. The van der Waals surface area contributed by atoms with Gasteiger partial charge in [0.15, 0.2) is 5.96 Å². The maximum Gasteiger partial charge on any atom is 0.191 e. The molecule has 1 aromatic carbocycles. The van der Waals surface area contributed by atoms with Crippen molar-refractivity contribution >= 4 is 29.9 Å². The van der Waals surface area contributed by atoms with E-state index in [9.17, 15) is 4.39 Å². The SMILES string of the molecule is CCNC(=NCc1cc(C#N)ccc1F)NCc1ccco1.I. The molecule has 0 fully saturated rings. The Morgan fingerprint density at radius 3 is 2.83 bits per heavy atom. The normalized spacial score (nSPS) is 10.6. The third-order valence-corrected chi connectivity index (χ3v) is 2.94. The number of benzene rings is 1. The van der Waals surface area contributed by atoms with Gasteiger partial charge in [0.25, 0.3) is 0 Å². The Hall–Kier alpha value is -2.08. The molecular formula is C16H18FIN4O. The number of hydrogen-bond donors (Lipinski definition) is 2. The van der Waals surface area contributed by atoms with Crippen molar-refractivity contribution in [2.24, 2.45) is 4.99 Å². The third kappa shape index (κ3) is 5.90. The van der Waals surface area contributed by atoms with E-state index in [0.717, 1.165) is 5.76 Å². The topological polar surface area (TPSA) is 73.3 Å². The Bertz CT molecular complexity index is 680. The maximum atomic E-state index is 13.7. The Balaban J connectivity index is 0.00000264. The highest BCUT2D eigenvalue weighted by Gasteiger charge is 2.05. The third-order valence-electron chi connectivity index (χ3n) is 2.94. The van der Waals surface area contributed by atoms with Gasteiger partial charge in [-0.3, -0.25) is 0 Å². The first-order valence-electron chi connectivity index (χ1n) is 6.96. The van der Waals surface area contributed by atoms with Gasteiger partial charge in [-0.2, -0.15) is 5.26 Å². The summed E-state index contributed by atoms with van der Waals surface area (Å²) in [4.78, 5) is 4.32. The molecule has 122 valence electrons. The number of nitriles is 1. The zero-order chi connectivity index (χ0) is 15.8. The molecule has 1 heterocycles. The highest BCUT2D eigenvalue weighted by Crippen LogP contribution is 2.11. The Kier molecular flexibility index (Phi) is 8.11. The lowest BCUT2D eigenvalue weighted by Crippen LogP contribution is -2.36. The van der Waals surface area contributed by atoms with Crippen LogP contribution < -0.4 is 10.6 Å². The van der Waals surface area contributed by atoms with E-state index in [0.29, 0.717) is 30.2 Å². The molecule has 0 amide bonds. The van der Waals surface area contributed by atoms with Gasteiger partial charge in [0, 0.05) is 12.1 Å². The molecule has 0 spiro atoms. The van der Waals surface area contributed by atoms with Crippen molar-refractivity contribution in [1.29, 1.82) is 5.26 Å². The smallest absolute Gasteiger partial charge is 0.191 e. The molecule has 0 saturated carbocycles. The van der Waals surface area contributed by atoms with Crippen LogP contribution in [0.2, 0.25) is 0 Å². The first-order chi connectivity index (χ1) is 10.7. The summed E-state index contributed by atoms with van der Waals surface area (Å²) in [5.74, 6) is 0.966. The summed E-state index contributed by atoms with van der Waals surface area (Å²) < 4.78 is 18.9. The van der Waals surface area contributed by atoms with Gasteiger partial charge in [-0.05, 0) is 37.3 Å². The predicted molar refractivity (Wildman–Crippen MR) is 96.9 cm³/mol. The molecular weight excluding hydrogens is 410 g/mol. The Labute approximate surface area is 151 Å². The summed E-state index contributed by atoms with van der Waals surface area (Å²) in [6, 6.07) is 9.90. The summed E-state index contributed by atoms with van der Waals surface area (Å²) in [5.41, 5.74) is 0.800. The summed E-state index contributed by atoms with van der Waals surface area (Å²) in [6.07, 6.45) is 1.60. The van der Waals surface area contributed by atoms with Crippen LogP contribution in [0.1, 0.15) is 23.8 Å². The van der Waals surface area contributed by atoms with Crippen molar-refractivity contribution in [3.8, 4) is 6.07 Å². The van der Waals surface area contributed by atoms with Gasteiger partial charge in [0.2, 0.25) is 0 Å². The molecule has 0 bridgehead atoms. The van der Waals surface area contributed by atoms with Crippen LogP contribution in [0.5, 0.6) is 0 Å². The minimum atomic E-state index is -0.371. The molecule has 0 aliphatic rings. The number of aliphatic imine (C=N–C) groups is 1. The number of guanidine groups is 1. The second-order valence-electron chi connectivity index (χ2n) is 4.55. The van der Waals surface area contributed by atoms with Gasteiger partial charge in [-0.1, -0.05) is 0 Å². The lowest BCUT2D eigenvalue weighted by atomic mass is 10.1. The molecule has 0 aliphatic carbocycles. The van der Waals surface area contributed by atoms with Crippen LogP contribution in [0, 0.1) is 17.1 Å². The van der Waals surface area contributed by atoms with Gasteiger partial charge in [-0.15, -0.1) is 24.0 Å². The maximum absolute atomic E-state index is 13.7. The van der Waals surface area contributed by atoms with E-state index in [1.54, 1.807) is 6.26 Å². The van der Waals surface area contributed by atoms with Gasteiger partial charge in [-0.25, -0.2) is 9.38 Å². The predicted octanol–water partition coefficient (Wildman–Crippen LogP) is 3.16. The van der Waals surface area contributed by atoms with E-state index < -0.39 is 0 Å². The highest BCUT2D eigenvalue weighted by atomic mass is 127. The van der Waals surface area contributed by atoms with E-state index in [1.165, 1.54) is 18.2 Å². The van der Waals surface area contributed by atoms with E-state index >= 15 is 0 Å². The van der Waals surface area contributed by atoms with Gasteiger partial charge < -0.3 is 15.1 Å². The van der Waals surface area contributed by atoms with Crippen molar-refractivity contribution in [3.63, 3.8) is 0 Å². The number of furan rings is 1. The standard InChI is InChI=1S/C16H17FN4O.HI/c1-2-19-16(21-11-14-4-3-7-22-14)20-10-13-8-12(9-18)5-6-15(13)17;/h3-8H,2,10-11H2,1H3,(H2,19,20,21);1H. The van der Waals surface area contributed by atoms with Crippen LogP contribution in [0.3, 0.4) is 0 Å². The molecule has 0 unspecified atom stereocenters. The highest BCUT2D eigenvalue weighted by molar-refractivity contribution is 14.0. The zero-order valence-electron chi connectivity index (χ0n) is 12.7. The van der Waals surface area contributed by atoms with Crippen LogP contribution in [0.4, 0.5) is 4.39 Å². The molecule has 0 aliphatic heterocycles. The van der Waals surface area contributed by atoms with Crippen molar-refractivity contribution in [2.75, 3.05) is 6.54 Å². The first kappa shape index (κ1) is 19.0.